The fraction of sp³-hybridized carbons (Fsp3) is 0.562. The van der Waals surface area contributed by atoms with Gasteiger partial charge in [0.25, 0.3) is 0 Å². The molecule has 4 N–H and O–H groups in total. The number of nitrogens with two attached hydrogens (primary N) is 1. The van der Waals surface area contributed by atoms with Crippen LogP contribution in [0.5, 0.6) is 5.75 Å². The molecular weight excluding hydrogens is 268 g/mol. The molecule has 5 heteroatoms. The Hall–Kier alpha value is -1.59. The Bertz CT molecular complexity index is 418. The highest BCUT2D eigenvalue weighted by molar-refractivity contribution is 5.81. The molecule has 1 atom stereocenters. The minimum Gasteiger partial charge on any atom is -0.508 e. The van der Waals surface area contributed by atoms with Gasteiger partial charge in [0.05, 0.1) is 6.04 Å². The minimum atomic E-state index is -0.578. The van der Waals surface area contributed by atoms with Gasteiger partial charge in [-0.2, -0.15) is 0 Å². The Morgan fingerprint density at radius 1 is 1.33 bits per heavy atom. The summed E-state index contributed by atoms with van der Waals surface area (Å²) >= 11 is 0. The summed E-state index contributed by atoms with van der Waals surface area (Å²) in [4.78, 5) is 11.8. The highest BCUT2D eigenvalue weighted by Crippen LogP contribution is 2.10. The van der Waals surface area contributed by atoms with Gasteiger partial charge in [0.1, 0.15) is 5.75 Å². The average molecular weight is 294 g/mol. The Labute approximate surface area is 126 Å². The van der Waals surface area contributed by atoms with Gasteiger partial charge in [-0.25, -0.2) is 0 Å². The van der Waals surface area contributed by atoms with Gasteiger partial charge in [0.2, 0.25) is 5.91 Å². The lowest BCUT2D eigenvalue weighted by molar-refractivity contribution is -0.122. The number of benzene rings is 1. The highest BCUT2D eigenvalue weighted by Gasteiger charge is 2.13. The topological polar surface area (TPSA) is 84.6 Å². The molecule has 0 aliphatic rings. The molecular formula is C16H26N2O3. The molecule has 0 spiro atoms. The van der Waals surface area contributed by atoms with Crippen molar-refractivity contribution in [1.29, 1.82) is 0 Å². The predicted octanol–water partition coefficient (Wildman–Crippen LogP) is 1.44. The summed E-state index contributed by atoms with van der Waals surface area (Å²) in [7, 11) is 0. The first-order valence-corrected chi connectivity index (χ1v) is 7.38. The second-order valence-electron chi connectivity index (χ2n) is 5.59. The molecule has 1 aromatic rings. The lowest BCUT2D eigenvalue weighted by Crippen LogP contribution is -2.42. The molecule has 1 rings (SSSR count). The second kappa shape index (κ2) is 9.37. The molecule has 0 saturated carbocycles. The first-order chi connectivity index (χ1) is 9.99. The number of nitrogens with one attached hydrogen (secondary N) is 1. The van der Waals surface area contributed by atoms with Crippen LogP contribution in [0, 0.1) is 5.92 Å². The average Bonchev–Trinajstić information content (AvgIpc) is 2.44. The van der Waals surface area contributed by atoms with E-state index in [1.54, 1.807) is 24.3 Å². The fourth-order valence-electron chi connectivity index (χ4n) is 1.81. The van der Waals surface area contributed by atoms with Crippen molar-refractivity contribution in [3.63, 3.8) is 0 Å². The van der Waals surface area contributed by atoms with Crippen LogP contribution in [0.2, 0.25) is 0 Å². The molecule has 0 aliphatic carbocycles. The molecule has 5 nitrogen and oxygen atoms in total. The molecule has 0 bridgehead atoms. The maximum atomic E-state index is 11.8. The Morgan fingerprint density at radius 2 is 2.00 bits per heavy atom. The van der Waals surface area contributed by atoms with Crippen LogP contribution in [0.3, 0.4) is 0 Å². The van der Waals surface area contributed by atoms with Crippen LogP contribution in [-0.2, 0) is 16.0 Å². The number of carbonyl (C=O) groups is 1. The van der Waals surface area contributed by atoms with E-state index in [1.165, 1.54) is 0 Å². The third-order valence-electron chi connectivity index (χ3n) is 2.94. The van der Waals surface area contributed by atoms with Gasteiger partial charge in [0, 0.05) is 19.8 Å². The Balaban J connectivity index is 2.18. The molecule has 21 heavy (non-hydrogen) atoms. The quantitative estimate of drug-likeness (QED) is 0.602. The van der Waals surface area contributed by atoms with E-state index in [0.29, 0.717) is 25.5 Å². The first kappa shape index (κ1) is 17.5. The lowest BCUT2D eigenvalue weighted by atomic mass is 10.1. The molecule has 1 amide bonds. The number of ether oxygens (including phenoxy) is 1. The van der Waals surface area contributed by atoms with Gasteiger partial charge in [-0.3, -0.25) is 4.79 Å². The lowest BCUT2D eigenvalue weighted by Gasteiger charge is -2.13. The molecule has 0 unspecified atom stereocenters. The van der Waals surface area contributed by atoms with E-state index in [2.05, 4.69) is 19.2 Å². The molecule has 0 aromatic heterocycles. The van der Waals surface area contributed by atoms with Crippen LogP contribution in [0.15, 0.2) is 24.3 Å². The third-order valence-corrected chi connectivity index (χ3v) is 2.94. The molecule has 1 aromatic carbocycles. The summed E-state index contributed by atoms with van der Waals surface area (Å²) in [5.74, 6) is 0.573. The molecule has 0 heterocycles. The van der Waals surface area contributed by atoms with Gasteiger partial charge >= 0.3 is 0 Å². The maximum Gasteiger partial charge on any atom is 0.237 e. The van der Waals surface area contributed by atoms with Gasteiger partial charge in [-0.1, -0.05) is 26.0 Å². The number of hydrogen-bond donors (Lipinski definition) is 3. The van der Waals surface area contributed by atoms with Crippen molar-refractivity contribution >= 4 is 5.91 Å². The largest absolute Gasteiger partial charge is 0.508 e. The summed E-state index contributed by atoms with van der Waals surface area (Å²) < 4.78 is 5.44. The number of phenols is 1. The summed E-state index contributed by atoms with van der Waals surface area (Å²) in [6, 6.07) is 6.13. The SMILES string of the molecule is CC(C)COCCCNC(=O)[C@H](N)Cc1ccc(O)cc1. The zero-order valence-electron chi connectivity index (χ0n) is 12.8. The summed E-state index contributed by atoms with van der Waals surface area (Å²) in [5, 5.41) is 12.0. The third kappa shape index (κ3) is 7.68. The molecule has 0 saturated heterocycles. The van der Waals surface area contributed by atoms with Crippen LogP contribution in [0.25, 0.3) is 0 Å². The van der Waals surface area contributed by atoms with Crippen molar-refractivity contribution in [2.45, 2.75) is 32.7 Å². The van der Waals surface area contributed by atoms with Gasteiger partial charge in [-0.15, -0.1) is 0 Å². The fourth-order valence-corrected chi connectivity index (χ4v) is 1.81. The van der Waals surface area contributed by atoms with Crippen LogP contribution >= 0.6 is 0 Å². The number of phenolic OH excluding ortho intramolecular Hbond substituents is 1. The summed E-state index contributed by atoms with van der Waals surface area (Å²) in [5.41, 5.74) is 6.79. The van der Waals surface area contributed by atoms with Crippen LogP contribution < -0.4 is 11.1 Å². The van der Waals surface area contributed by atoms with Gasteiger partial charge in [-0.05, 0) is 36.5 Å². The van der Waals surface area contributed by atoms with E-state index in [9.17, 15) is 9.90 Å². The van der Waals surface area contributed by atoms with Crippen LogP contribution in [-0.4, -0.2) is 36.8 Å². The zero-order valence-corrected chi connectivity index (χ0v) is 12.8. The predicted molar refractivity (Wildman–Crippen MR) is 83.1 cm³/mol. The number of rotatable bonds is 9. The molecule has 0 radical (unpaired) electrons. The summed E-state index contributed by atoms with van der Waals surface area (Å²) in [6.07, 6.45) is 1.24. The van der Waals surface area contributed by atoms with E-state index in [4.69, 9.17) is 10.5 Å². The molecule has 0 aliphatic heterocycles. The van der Waals surface area contributed by atoms with Crippen molar-refractivity contribution in [2.75, 3.05) is 19.8 Å². The summed E-state index contributed by atoms with van der Waals surface area (Å²) in [6.45, 7) is 6.16. The van der Waals surface area contributed by atoms with Crippen molar-refractivity contribution in [3.8, 4) is 5.75 Å². The standard InChI is InChI=1S/C16H26N2O3/c1-12(2)11-21-9-3-8-18-16(20)15(17)10-13-4-6-14(19)7-5-13/h4-7,12,15,19H,3,8-11,17H2,1-2H3,(H,18,20)/t15-/m1/s1. The maximum absolute atomic E-state index is 11.8. The van der Waals surface area contributed by atoms with Crippen molar-refractivity contribution < 1.29 is 14.6 Å². The van der Waals surface area contributed by atoms with Crippen LogP contribution in [0.1, 0.15) is 25.8 Å². The van der Waals surface area contributed by atoms with Crippen molar-refractivity contribution in [3.05, 3.63) is 29.8 Å². The van der Waals surface area contributed by atoms with E-state index < -0.39 is 6.04 Å². The number of aromatic hydroxyl groups is 1. The monoisotopic (exact) mass is 294 g/mol. The van der Waals surface area contributed by atoms with Gasteiger partial charge in [0.15, 0.2) is 0 Å². The van der Waals surface area contributed by atoms with E-state index >= 15 is 0 Å². The molecule has 0 fully saturated rings. The van der Waals surface area contributed by atoms with E-state index in [0.717, 1.165) is 18.6 Å². The smallest absolute Gasteiger partial charge is 0.237 e. The van der Waals surface area contributed by atoms with Crippen molar-refractivity contribution in [1.82, 2.24) is 5.32 Å². The number of hydrogen-bond acceptors (Lipinski definition) is 4. The van der Waals surface area contributed by atoms with E-state index in [1.807, 2.05) is 0 Å². The Kier molecular flexibility index (Phi) is 7.79. The Morgan fingerprint density at radius 3 is 2.62 bits per heavy atom. The zero-order chi connectivity index (χ0) is 15.7. The first-order valence-electron chi connectivity index (χ1n) is 7.38. The van der Waals surface area contributed by atoms with Crippen molar-refractivity contribution in [2.24, 2.45) is 11.7 Å². The van der Waals surface area contributed by atoms with Gasteiger partial charge < -0.3 is 20.9 Å². The van der Waals surface area contributed by atoms with Crippen LogP contribution in [0.4, 0.5) is 0 Å². The highest BCUT2D eigenvalue weighted by atomic mass is 16.5. The number of amides is 1. The minimum absolute atomic E-state index is 0.160. The molecule has 118 valence electrons. The second-order valence-corrected chi connectivity index (χ2v) is 5.59. The number of carbonyl (C=O) groups excluding carboxylic acids is 1. The normalized spacial score (nSPS) is 12.4. The van der Waals surface area contributed by atoms with E-state index in [-0.39, 0.29) is 11.7 Å².